The van der Waals surface area contributed by atoms with E-state index in [0.29, 0.717) is 41.1 Å². The van der Waals surface area contributed by atoms with Gasteiger partial charge in [0.25, 0.3) is 11.8 Å². The molecule has 0 saturated heterocycles. The molecule has 0 saturated carbocycles. The van der Waals surface area contributed by atoms with Crippen LogP contribution >= 0.6 is 11.3 Å². The summed E-state index contributed by atoms with van der Waals surface area (Å²) >= 11 is 1.31. The van der Waals surface area contributed by atoms with Gasteiger partial charge in [0.2, 0.25) is 0 Å². The second-order valence-electron chi connectivity index (χ2n) is 10.5. The summed E-state index contributed by atoms with van der Waals surface area (Å²) in [6, 6.07) is 14.5. The fourth-order valence-corrected chi connectivity index (χ4v) is 5.94. The molecule has 39 heavy (non-hydrogen) atoms. The van der Waals surface area contributed by atoms with Gasteiger partial charge in [-0.05, 0) is 56.4 Å². The van der Waals surface area contributed by atoms with Crippen LogP contribution in [0.5, 0.6) is 0 Å². The van der Waals surface area contributed by atoms with Crippen molar-refractivity contribution in [2.45, 2.75) is 58.4 Å². The number of imide groups is 1. The van der Waals surface area contributed by atoms with Crippen molar-refractivity contribution in [3.63, 3.8) is 0 Å². The maximum atomic E-state index is 13.4. The predicted octanol–water partition coefficient (Wildman–Crippen LogP) is 4.59. The molecule has 9 nitrogen and oxygen atoms in total. The van der Waals surface area contributed by atoms with Crippen LogP contribution in [0.4, 0.5) is 9.80 Å². The molecule has 3 N–H and O–H groups in total. The lowest BCUT2D eigenvalue weighted by molar-refractivity contribution is 0.00695. The first-order valence-electron chi connectivity index (χ1n) is 12.7. The second kappa shape index (κ2) is 10.6. The Labute approximate surface area is 229 Å². The number of carbonyl (C=O) groups is 4. The molecule has 2 aromatic carbocycles. The number of fused-ring (bicyclic) bond motifs is 2. The maximum absolute atomic E-state index is 13.4. The van der Waals surface area contributed by atoms with Gasteiger partial charge in [0.1, 0.15) is 17.2 Å². The molecule has 0 fully saturated rings. The smallest absolute Gasteiger partial charge is 0.412 e. The number of esters is 1. The topological polar surface area (TPSA) is 123 Å². The summed E-state index contributed by atoms with van der Waals surface area (Å²) in [7, 11) is 0. The third-order valence-corrected chi connectivity index (χ3v) is 7.59. The molecule has 202 valence electrons. The van der Waals surface area contributed by atoms with Crippen LogP contribution in [0.1, 0.15) is 73.4 Å². The van der Waals surface area contributed by atoms with Gasteiger partial charge < -0.3 is 14.8 Å². The lowest BCUT2D eigenvalue weighted by Gasteiger charge is -2.26. The van der Waals surface area contributed by atoms with Crippen LogP contribution in [0.3, 0.4) is 0 Å². The summed E-state index contributed by atoms with van der Waals surface area (Å²) in [6.45, 7) is 5.94. The number of anilines is 1. The second-order valence-corrected chi connectivity index (χ2v) is 11.6. The standard InChI is InChI=1S/C29H29N3O6S/c1-29(2,3)38-27(35)23-20-13-18(12-17-10-7-11-19-22(17)25(34)31-24(19)33)30-14-21(20)39-26(23)32-28(36)37-15-16-8-5-4-6-9-16/h4-11,18,30H,12-15H2,1-3H3,(H,32,36)(H,31,33,34)/t18-/m0/s1. The Balaban J connectivity index is 1.38. The fourth-order valence-electron chi connectivity index (χ4n) is 4.78. The molecule has 1 atom stereocenters. The van der Waals surface area contributed by atoms with Gasteiger partial charge >= 0.3 is 12.1 Å². The molecule has 5 rings (SSSR count). The van der Waals surface area contributed by atoms with E-state index >= 15 is 0 Å². The molecule has 2 aliphatic rings. The molecule has 0 spiro atoms. The van der Waals surface area contributed by atoms with Crippen LogP contribution < -0.4 is 16.0 Å². The van der Waals surface area contributed by atoms with E-state index in [1.54, 1.807) is 32.9 Å². The van der Waals surface area contributed by atoms with E-state index in [2.05, 4.69) is 16.0 Å². The van der Waals surface area contributed by atoms with E-state index in [1.807, 2.05) is 36.4 Å². The Morgan fingerprint density at radius 3 is 2.56 bits per heavy atom. The van der Waals surface area contributed by atoms with Gasteiger partial charge in [-0.25, -0.2) is 9.59 Å². The van der Waals surface area contributed by atoms with Crippen LogP contribution in [0.15, 0.2) is 48.5 Å². The zero-order chi connectivity index (χ0) is 27.7. The average Bonchev–Trinajstić information content (AvgIpc) is 3.38. The third kappa shape index (κ3) is 5.86. The minimum Gasteiger partial charge on any atom is -0.456 e. The van der Waals surface area contributed by atoms with Crippen LogP contribution in [0, 0.1) is 0 Å². The minimum absolute atomic E-state index is 0.0979. The monoisotopic (exact) mass is 547 g/mol. The first-order valence-corrected chi connectivity index (χ1v) is 13.5. The largest absolute Gasteiger partial charge is 0.456 e. The van der Waals surface area contributed by atoms with Crippen molar-refractivity contribution in [2.24, 2.45) is 0 Å². The van der Waals surface area contributed by atoms with E-state index in [0.717, 1.165) is 21.6 Å². The number of benzene rings is 2. The first-order chi connectivity index (χ1) is 18.6. The van der Waals surface area contributed by atoms with Crippen molar-refractivity contribution >= 4 is 40.2 Å². The summed E-state index contributed by atoms with van der Waals surface area (Å²) in [4.78, 5) is 51.4. The fraction of sp³-hybridized carbons (Fsp3) is 0.310. The molecule has 0 aliphatic carbocycles. The number of hydrogen-bond acceptors (Lipinski definition) is 8. The minimum atomic E-state index is -0.728. The Morgan fingerprint density at radius 1 is 1.05 bits per heavy atom. The summed E-state index contributed by atoms with van der Waals surface area (Å²) in [6.07, 6.45) is 0.289. The number of thiophene rings is 1. The van der Waals surface area contributed by atoms with E-state index in [9.17, 15) is 19.2 Å². The van der Waals surface area contributed by atoms with E-state index in [4.69, 9.17) is 9.47 Å². The predicted molar refractivity (Wildman–Crippen MR) is 146 cm³/mol. The molecule has 0 bridgehead atoms. The number of carbonyl (C=O) groups excluding carboxylic acids is 4. The Kier molecular flexibility index (Phi) is 7.24. The first kappa shape index (κ1) is 26.6. The van der Waals surface area contributed by atoms with Crippen LogP contribution in [0.2, 0.25) is 0 Å². The molecule has 3 amide bonds. The van der Waals surface area contributed by atoms with Gasteiger partial charge in [-0.1, -0.05) is 42.5 Å². The van der Waals surface area contributed by atoms with Gasteiger partial charge in [-0.2, -0.15) is 0 Å². The molecule has 3 aromatic rings. The number of amides is 3. The number of ether oxygens (including phenoxy) is 2. The molecule has 3 heterocycles. The molecule has 1 aromatic heterocycles. The number of hydrogen-bond donors (Lipinski definition) is 3. The van der Waals surface area contributed by atoms with Crippen molar-refractivity contribution in [3.05, 3.63) is 86.8 Å². The van der Waals surface area contributed by atoms with Crippen molar-refractivity contribution < 1.29 is 28.7 Å². The van der Waals surface area contributed by atoms with E-state index in [-0.39, 0.29) is 12.6 Å². The highest BCUT2D eigenvalue weighted by Crippen LogP contribution is 2.38. The lowest BCUT2D eigenvalue weighted by atomic mass is 9.91. The summed E-state index contributed by atoms with van der Waals surface area (Å²) in [5.74, 6) is -1.31. The molecular formula is C29H29N3O6S. The lowest BCUT2D eigenvalue weighted by Crippen LogP contribution is -2.37. The highest BCUT2D eigenvalue weighted by atomic mass is 32.1. The van der Waals surface area contributed by atoms with Gasteiger partial charge in [-0.3, -0.25) is 20.2 Å². The van der Waals surface area contributed by atoms with Crippen LogP contribution in [0.25, 0.3) is 0 Å². The van der Waals surface area contributed by atoms with Crippen molar-refractivity contribution in [3.8, 4) is 0 Å². The van der Waals surface area contributed by atoms with Gasteiger partial charge in [-0.15, -0.1) is 11.3 Å². The Hall–Kier alpha value is -4.02. The SMILES string of the molecule is CC(C)(C)OC(=O)c1c(NC(=O)OCc2ccccc2)sc2c1C[C@H](Cc1cccc3c1C(=O)NC3=O)NC2. The highest BCUT2D eigenvalue weighted by molar-refractivity contribution is 7.17. The van der Waals surface area contributed by atoms with E-state index < -0.39 is 29.5 Å². The van der Waals surface area contributed by atoms with Crippen LogP contribution in [-0.4, -0.2) is 35.5 Å². The van der Waals surface area contributed by atoms with Gasteiger partial charge in [0.05, 0.1) is 16.7 Å². The zero-order valence-electron chi connectivity index (χ0n) is 21.9. The molecule has 2 aliphatic heterocycles. The summed E-state index contributed by atoms with van der Waals surface area (Å²) in [5.41, 5.74) is 2.77. The molecule has 0 unspecified atom stereocenters. The van der Waals surface area contributed by atoms with Gasteiger partial charge in [0, 0.05) is 17.5 Å². The van der Waals surface area contributed by atoms with Crippen molar-refractivity contribution in [2.75, 3.05) is 5.32 Å². The Morgan fingerprint density at radius 2 is 1.82 bits per heavy atom. The molecule has 0 radical (unpaired) electrons. The zero-order valence-corrected chi connectivity index (χ0v) is 22.7. The third-order valence-electron chi connectivity index (χ3n) is 6.44. The number of rotatable bonds is 6. The normalized spacial score (nSPS) is 16.2. The summed E-state index contributed by atoms with van der Waals surface area (Å²) < 4.78 is 11.1. The van der Waals surface area contributed by atoms with E-state index in [1.165, 1.54) is 11.3 Å². The Bertz CT molecular complexity index is 1460. The van der Waals surface area contributed by atoms with Crippen molar-refractivity contribution in [1.29, 1.82) is 0 Å². The quantitative estimate of drug-likeness (QED) is 0.305. The molecule has 10 heteroatoms. The average molecular weight is 548 g/mol. The maximum Gasteiger partial charge on any atom is 0.412 e. The van der Waals surface area contributed by atoms with Crippen molar-refractivity contribution in [1.82, 2.24) is 10.6 Å². The highest BCUT2D eigenvalue weighted by Gasteiger charge is 2.34. The van der Waals surface area contributed by atoms with Gasteiger partial charge in [0.15, 0.2) is 0 Å². The summed E-state index contributed by atoms with van der Waals surface area (Å²) in [5, 5.41) is 8.95. The molecular weight excluding hydrogens is 518 g/mol. The van der Waals surface area contributed by atoms with Crippen LogP contribution in [-0.2, 0) is 35.5 Å². The number of nitrogens with one attached hydrogen (secondary N) is 3.